The fraction of sp³-hybridized carbons (Fsp3) is 0.308. The lowest BCUT2D eigenvalue weighted by molar-refractivity contribution is -0.0831. The van der Waals surface area contributed by atoms with Crippen LogP contribution in [0.3, 0.4) is 0 Å². The van der Waals surface area contributed by atoms with Crippen molar-refractivity contribution in [3.8, 4) is 5.75 Å². The highest BCUT2D eigenvalue weighted by atomic mass is 19.3. The number of hydrogen-bond acceptors (Lipinski definition) is 5. The molecule has 1 atom stereocenters. The van der Waals surface area contributed by atoms with Crippen LogP contribution in [0.15, 0.2) is 120 Å². The predicted octanol–water partition coefficient (Wildman–Crippen LogP) is 8.01. The van der Waals surface area contributed by atoms with Crippen molar-refractivity contribution >= 4 is 10.9 Å². The number of rotatable bonds is 18. The maximum atomic E-state index is 14.3. The van der Waals surface area contributed by atoms with Gasteiger partial charge < -0.3 is 19.6 Å². The maximum absolute atomic E-state index is 14.3. The first-order chi connectivity index (χ1) is 22.9. The Labute approximate surface area is 274 Å². The van der Waals surface area contributed by atoms with E-state index in [9.17, 15) is 18.7 Å². The van der Waals surface area contributed by atoms with E-state index in [0.29, 0.717) is 42.9 Å². The summed E-state index contributed by atoms with van der Waals surface area (Å²) in [5.74, 6) is -2.46. The van der Waals surface area contributed by atoms with Crippen LogP contribution in [0.2, 0.25) is 0 Å². The normalized spacial score (nSPS) is 12.4. The van der Waals surface area contributed by atoms with Crippen LogP contribution < -0.4 is 10.3 Å². The lowest BCUT2D eigenvalue weighted by Gasteiger charge is -2.26. The summed E-state index contributed by atoms with van der Waals surface area (Å²) in [5.41, 5.74) is 3.15. The molecule has 1 unspecified atom stereocenters. The highest BCUT2D eigenvalue weighted by Crippen LogP contribution is 2.31. The van der Waals surface area contributed by atoms with Gasteiger partial charge in [-0.2, -0.15) is 8.78 Å². The molecule has 4 aromatic carbocycles. The van der Waals surface area contributed by atoms with Crippen molar-refractivity contribution in [2.24, 2.45) is 0 Å². The fourth-order valence-corrected chi connectivity index (χ4v) is 5.67. The number of nitrogens with zero attached hydrogens (tertiary/aromatic N) is 1. The zero-order valence-corrected chi connectivity index (χ0v) is 26.5. The van der Waals surface area contributed by atoms with E-state index in [2.05, 4.69) is 22.0 Å². The van der Waals surface area contributed by atoms with Crippen molar-refractivity contribution in [2.75, 3.05) is 26.3 Å². The molecule has 0 saturated carbocycles. The number of unbranched alkanes of at least 4 members (excludes halogenated alkanes) is 3. The third kappa shape index (κ3) is 10.1. The van der Waals surface area contributed by atoms with Crippen molar-refractivity contribution < 1.29 is 23.4 Å². The highest BCUT2D eigenvalue weighted by Gasteiger charge is 2.31. The molecular weight excluding hydrogens is 598 g/mol. The lowest BCUT2D eigenvalue weighted by Crippen LogP contribution is -2.29. The molecule has 0 amide bonds. The van der Waals surface area contributed by atoms with Gasteiger partial charge in [0.15, 0.2) is 0 Å². The Morgan fingerprint density at radius 3 is 2.15 bits per heavy atom. The molecule has 5 aromatic rings. The second-order valence-electron chi connectivity index (χ2n) is 11.8. The number of aliphatic hydroxyl groups excluding tert-OH is 1. The molecule has 2 N–H and O–H groups in total. The topological polar surface area (TPSA) is 74.8 Å². The van der Waals surface area contributed by atoms with Gasteiger partial charge in [-0.1, -0.05) is 110 Å². The quantitative estimate of drug-likeness (QED) is 0.0950. The molecule has 246 valence electrons. The maximum Gasteiger partial charge on any atom is 0.296 e. The number of aliphatic hydroxyl groups is 1. The van der Waals surface area contributed by atoms with Crippen molar-refractivity contribution in [3.63, 3.8) is 0 Å². The summed E-state index contributed by atoms with van der Waals surface area (Å²) in [7, 11) is 0. The summed E-state index contributed by atoms with van der Waals surface area (Å²) in [6.45, 7) is 1.84. The summed E-state index contributed by atoms with van der Waals surface area (Å²) in [6.07, 6.45) is 2.56. The number of H-pyrrole nitrogens is 1. The van der Waals surface area contributed by atoms with Gasteiger partial charge in [0.25, 0.3) is 5.92 Å². The highest BCUT2D eigenvalue weighted by molar-refractivity contribution is 5.87. The Kier molecular flexibility index (Phi) is 12.3. The molecule has 0 fully saturated rings. The van der Waals surface area contributed by atoms with Gasteiger partial charge >= 0.3 is 0 Å². The number of halogens is 2. The van der Waals surface area contributed by atoms with E-state index in [1.807, 2.05) is 54.6 Å². The van der Waals surface area contributed by atoms with Crippen LogP contribution in [0.1, 0.15) is 54.0 Å². The van der Waals surface area contributed by atoms with Crippen molar-refractivity contribution in [2.45, 2.75) is 50.9 Å². The van der Waals surface area contributed by atoms with Gasteiger partial charge in [-0.25, -0.2) is 0 Å². The van der Waals surface area contributed by atoms with E-state index in [1.54, 1.807) is 30.3 Å². The minimum absolute atomic E-state index is 0.0330. The number of hydrogen-bond donors (Lipinski definition) is 2. The first-order valence-corrected chi connectivity index (χ1v) is 16.2. The van der Waals surface area contributed by atoms with Crippen LogP contribution in [0, 0.1) is 0 Å². The van der Waals surface area contributed by atoms with Gasteiger partial charge in [-0.3, -0.25) is 9.69 Å². The molecular formula is C39H42F2N2O4. The van der Waals surface area contributed by atoms with Crippen LogP contribution >= 0.6 is 0 Å². The molecule has 47 heavy (non-hydrogen) atoms. The Morgan fingerprint density at radius 1 is 0.766 bits per heavy atom. The van der Waals surface area contributed by atoms with Crippen LogP contribution in [-0.2, 0) is 23.8 Å². The SMILES string of the molecule is O=c1ccc2c(C(O)CN(CCCCCCOCC(F)(F)c3ccccc3)Cc3ccccc3)ccc(OCc3ccccc3)c2[nH]1. The number of fused-ring (bicyclic) bond motifs is 1. The Morgan fingerprint density at radius 2 is 1.43 bits per heavy atom. The fourth-order valence-electron chi connectivity index (χ4n) is 5.67. The Hall–Kier alpha value is -4.37. The zero-order chi connectivity index (χ0) is 32.9. The molecule has 0 radical (unpaired) electrons. The van der Waals surface area contributed by atoms with E-state index in [0.717, 1.165) is 42.3 Å². The molecule has 1 aromatic heterocycles. The van der Waals surface area contributed by atoms with Crippen molar-refractivity contribution in [1.29, 1.82) is 0 Å². The summed E-state index contributed by atoms with van der Waals surface area (Å²) in [5, 5.41) is 12.3. The average Bonchev–Trinajstić information content (AvgIpc) is 3.09. The molecule has 0 bridgehead atoms. The van der Waals surface area contributed by atoms with Gasteiger partial charge in [0.05, 0.1) is 11.6 Å². The second kappa shape index (κ2) is 17.0. The van der Waals surface area contributed by atoms with Gasteiger partial charge in [-0.05, 0) is 48.2 Å². The average molecular weight is 641 g/mol. The first-order valence-electron chi connectivity index (χ1n) is 16.2. The monoisotopic (exact) mass is 640 g/mol. The summed E-state index contributed by atoms with van der Waals surface area (Å²) in [4.78, 5) is 17.4. The van der Waals surface area contributed by atoms with E-state index in [1.165, 1.54) is 18.2 Å². The van der Waals surface area contributed by atoms with Gasteiger partial charge in [0.1, 0.15) is 19.0 Å². The van der Waals surface area contributed by atoms with Crippen LogP contribution in [0.25, 0.3) is 10.9 Å². The molecule has 0 aliphatic rings. The van der Waals surface area contributed by atoms with E-state index >= 15 is 0 Å². The van der Waals surface area contributed by atoms with Crippen LogP contribution in [-0.4, -0.2) is 41.3 Å². The second-order valence-corrected chi connectivity index (χ2v) is 11.8. The number of benzene rings is 4. The minimum Gasteiger partial charge on any atom is -0.487 e. The van der Waals surface area contributed by atoms with Gasteiger partial charge in [0.2, 0.25) is 5.56 Å². The Bertz CT molecular complexity index is 1720. The predicted molar refractivity (Wildman–Crippen MR) is 182 cm³/mol. The smallest absolute Gasteiger partial charge is 0.296 e. The lowest BCUT2D eigenvalue weighted by atomic mass is 10.0. The third-order valence-corrected chi connectivity index (χ3v) is 8.16. The van der Waals surface area contributed by atoms with Crippen molar-refractivity contribution in [3.05, 3.63) is 148 Å². The van der Waals surface area contributed by atoms with E-state index in [-0.39, 0.29) is 17.7 Å². The number of nitrogens with one attached hydrogen (secondary N) is 1. The molecule has 0 spiro atoms. The van der Waals surface area contributed by atoms with Gasteiger partial charge in [-0.15, -0.1) is 0 Å². The summed E-state index contributed by atoms with van der Waals surface area (Å²) in [6, 6.07) is 34.6. The molecule has 5 rings (SSSR count). The minimum atomic E-state index is -3.00. The molecule has 1 heterocycles. The largest absolute Gasteiger partial charge is 0.487 e. The number of aromatic amines is 1. The Balaban J connectivity index is 1.17. The number of alkyl halides is 2. The number of aromatic nitrogens is 1. The molecule has 6 nitrogen and oxygen atoms in total. The van der Waals surface area contributed by atoms with E-state index in [4.69, 9.17) is 9.47 Å². The zero-order valence-electron chi connectivity index (χ0n) is 26.5. The van der Waals surface area contributed by atoms with Gasteiger partial charge in [0, 0.05) is 36.7 Å². The summed E-state index contributed by atoms with van der Waals surface area (Å²) >= 11 is 0. The van der Waals surface area contributed by atoms with Crippen LogP contribution in [0.4, 0.5) is 8.78 Å². The molecule has 0 aliphatic carbocycles. The molecule has 0 aliphatic heterocycles. The van der Waals surface area contributed by atoms with Crippen LogP contribution in [0.5, 0.6) is 5.75 Å². The standard InChI is InChI=1S/C39H42F2N2O4/c40-39(41,32-18-10-5-11-19-32)29-46-25-13-2-1-12-24-43(26-30-14-6-3-7-15-30)27-35(44)33-20-22-36(38-34(33)21-23-37(45)42-38)47-28-31-16-8-4-9-17-31/h3-11,14-23,35,44H,1-2,12-13,24-29H2,(H,42,45). The molecule has 8 heteroatoms. The molecule has 0 saturated heterocycles. The van der Waals surface area contributed by atoms with Crippen molar-refractivity contribution in [1.82, 2.24) is 9.88 Å². The number of pyridine rings is 1. The van der Waals surface area contributed by atoms with E-state index < -0.39 is 18.6 Å². The summed E-state index contributed by atoms with van der Waals surface area (Å²) < 4.78 is 40.1. The number of ether oxygens (including phenoxy) is 2. The first kappa shape index (κ1) is 34.0. The third-order valence-electron chi connectivity index (χ3n) is 8.16.